The van der Waals surface area contributed by atoms with Crippen molar-refractivity contribution >= 4 is 9.84 Å². The van der Waals surface area contributed by atoms with E-state index in [1.54, 1.807) is 13.0 Å². The molecule has 0 bridgehead atoms. The molecule has 2 rings (SSSR count). The quantitative estimate of drug-likeness (QED) is 0.715. The average molecular weight is 227 g/mol. The lowest BCUT2D eigenvalue weighted by atomic mass is 10.4. The molecule has 1 aliphatic rings. The van der Waals surface area contributed by atoms with E-state index in [0.717, 1.165) is 6.54 Å². The first-order valence-corrected chi connectivity index (χ1v) is 6.39. The highest BCUT2D eigenvalue weighted by molar-refractivity contribution is 7.91. The van der Waals surface area contributed by atoms with E-state index in [-0.39, 0.29) is 10.4 Å². The van der Waals surface area contributed by atoms with Crippen molar-refractivity contribution < 1.29 is 8.42 Å². The number of sulfone groups is 1. The minimum atomic E-state index is -3.35. The minimum absolute atomic E-state index is 0.0452. The monoisotopic (exact) mass is 227 g/mol. The molecular formula is C9H13N3O2S. The Morgan fingerprint density at radius 3 is 2.93 bits per heavy atom. The van der Waals surface area contributed by atoms with Gasteiger partial charge in [-0.3, -0.25) is 0 Å². The van der Waals surface area contributed by atoms with Crippen LogP contribution in [-0.2, 0) is 9.84 Å². The largest absolute Gasteiger partial charge is 0.315 e. The SMILES string of the molecule is Cc1ccnc(S(=O)(=O)[C@H]2CCNC2)n1. The molecule has 0 aliphatic carbocycles. The summed E-state index contributed by atoms with van der Waals surface area (Å²) in [5, 5.41) is 2.61. The van der Waals surface area contributed by atoms with Gasteiger partial charge in [-0.1, -0.05) is 0 Å². The van der Waals surface area contributed by atoms with Gasteiger partial charge in [-0.25, -0.2) is 18.4 Å². The third-order valence-electron chi connectivity index (χ3n) is 2.48. The first kappa shape index (κ1) is 10.5. The van der Waals surface area contributed by atoms with E-state index in [1.165, 1.54) is 6.20 Å². The maximum Gasteiger partial charge on any atom is 0.247 e. The summed E-state index contributed by atoms with van der Waals surface area (Å²) in [6, 6.07) is 1.69. The molecule has 1 saturated heterocycles. The molecule has 1 fully saturated rings. The first-order chi connectivity index (χ1) is 7.10. The predicted molar refractivity (Wildman–Crippen MR) is 55.2 cm³/mol. The van der Waals surface area contributed by atoms with Crippen molar-refractivity contribution in [2.24, 2.45) is 0 Å². The van der Waals surface area contributed by atoms with E-state index in [1.807, 2.05) is 0 Å². The van der Waals surface area contributed by atoms with Crippen molar-refractivity contribution in [2.75, 3.05) is 13.1 Å². The van der Waals surface area contributed by atoms with Crippen molar-refractivity contribution in [3.8, 4) is 0 Å². The summed E-state index contributed by atoms with van der Waals surface area (Å²) in [6.07, 6.45) is 2.12. The predicted octanol–water partition coefficient (Wildman–Crippen LogP) is -0.0794. The molecule has 2 heterocycles. The molecule has 0 saturated carbocycles. The standard InChI is InChI=1S/C9H13N3O2S/c1-7-2-5-11-9(12-7)15(13,14)8-3-4-10-6-8/h2,5,8,10H,3-4,6H2,1H3/t8-/m0/s1. The second-order valence-electron chi connectivity index (χ2n) is 3.64. The lowest BCUT2D eigenvalue weighted by molar-refractivity contribution is 0.573. The summed E-state index contributed by atoms with van der Waals surface area (Å²) in [6.45, 7) is 3.00. The van der Waals surface area contributed by atoms with Crippen molar-refractivity contribution in [3.05, 3.63) is 18.0 Å². The van der Waals surface area contributed by atoms with Crippen LogP contribution in [0.1, 0.15) is 12.1 Å². The van der Waals surface area contributed by atoms with E-state index in [4.69, 9.17) is 0 Å². The molecule has 1 N–H and O–H groups in total. The highest BCUT2D eigenvalue weighted by Gasteiger charge is 2.32. The highest BCUT2D eigenvalue weighted by atomic mass is 32.2. The molecule has 0 spiro atoms. The van der Waals surface area contributed by atoms with Gasteiger partial charge < -0.3 is 5.32 Å². The molecule has 0 radical (unpaired) electrons. The molecule has 1 aliphatic heterocycles. The summed E-state index contributed by atoms with van der Waals surface area (Å²) in [5.41, 5.74) is 0.675. The number of nitrogens with zero attached hydrogens (tertiary/aromatic N) is 2. The van der Waals surface area contributed by atoms with Crippen LogP contribution in [0.2, 0.25) is 0 Å². The highest BCUT2D eigenvalue weighted by Crippen LogP contribution is 2.16. The van der Waals surface area contributed by atoms with Crippen molar-refractivity contribution in [1.29, 1.82) is 0 Å². The summed E-state index contributed by atoms with van der Waals surface area (Å²) in [5.74, 6) is 0. The van der Waals surface area contributed by atoms with Crippen molar-refractivity contribution in [2.45, 2.75) is 23.8 Å². The van der Waals surface area contributed by atoms with E-state index < -0.39 is 9.84 Å². The van der Waals surface area contributed by atoms with E-state index in [0.29, 0.717) is 18.7 Å². The van der Waals surface area contributed by atoms with Gasteiger partial charge in [0.15, 0.2) is 0 Å². The van der Waals surface area contributed by atoms with E-state index in [2.05, 4.69) is 15.3 Å². The maximum atomic E-state index is 12.0. The maximum absolute atomic E-state index is 12.0. The Hall–Kier alpha value is -1.01. The number of rotatable bonds is 2. The zero-order valence-electron chi connectivity index (χ0n) is 8.47. The van der Waals surface area contributed by atoms with Crippen LogP contribution in [0.3, 0.4) is 0 Å². The summed E-state index contributed by atoms with van der Waals surface area (Å²) in [7, 11) is -3.35. The van der Waals surface area contributed by atoms with E-state index >= 15 is 0 Å². The van der Waals surface area contributed by atoms with Crippen LogP contribution in [0.5, 0.6) is 0 Å². The van der Waals surface area contributed by atoms with Crippen LogP contribution >= 0.6 is 0 Å². The second-order valence-corrected chi connectivity index (χ2v) is 5.76. The molecule has 6 heteroatoms. The molecule has 1 aromatic rings. The van der Waals surface area contributed by atoms with Gasteiger partial charge in [0, 0.05) is 18.4 Å². The Morgan fingerprint density at radius 2 is 2.33 bits per heavy atom. The van der Waals surface area contributed by atoms with Gasteiger partial charge in [-0.2, -0.15) is 0 Å². The van der Waals surface area contributed by atoms with Gasteiger partial charge in [0.05, 0.1) is 5.25 Å². The van der Waals surface area contributed by atoms with Crippen LogP contribution in [-0.4, -0.2) is 36.7 Å². The van der Waals surface area contributed by atoms with Crippen LogP contribution in [0.25, 0.3) is 0 Å². The normalized spacial score (nSPS) is 21.8. The molecule has 15 heavy (non-hydrogen) atoms. The fourth-order valence-corrected chi connectivity index (χ4v) is 3.15. The van der Waals surface area contributed by atoms with Gasteiger partial charge in [-0.05, 0) is 26.0 Å². The second kappa shape index (κ2) is 3.86. The molecule has 0 amide bonds. The Bertz CT molecular complexity index is 452. The number of aryl methyl sites for hydroxylation is 1. The molecular weight excluding hydrogens is 214 g/mol. The minimum Gasteiger partial charge on any atom is -0.315 e. The average Bonchev–Trinajstić information content (AvgIpc) is 2.71. The van der Waals surface area contributed by atoms with E-state index in [9.17, 15) is 8.42 Å². The summed E-state index contributed by atoms with van der Waals surface area (Å²) in [4.78, 5) is 7.79. The van der Waals surface area contributed by atoms with Crippen LogP contribution < -0.4 is 5.32 Å². The fourth-order valence-electron chi connectivity index (χ4n) is 1.61. The number of nitrogens with one attached hydrogen (secondary N) is 1. The van der Waals surface area contributed by atoms with Crippen LogP contribution in [0, 0.1) is 6.92 Å². The topological polar surface area (TPSA) is 72.0 Å². The van der Waals surface area contributed by atoms with Crippen LogP contribution in [0.4, 0.5) is 0 Å². The Kier molecular flexibility index (Phi) is 2.70. The third kappa shape index (κ3) is 2.00. The van der Waals surface area contributed by atoms with Crippen LogP contribution in [0.15, 0.2) is 17.4 Å². The lowest BCUT2D eigenvalue weighted by Gasteiger charge is -2.08. The van der Waals surface area contributed by atoms with Gasteiger partial charge in [-0.15, -0.1) is 0 Å². The summed E-state index contributed by atoms with van der Waals surface area (Å²) >= 11 is 0. The zero-order valence-corrected chi connectivity index (χ0v) is 9.29. The van der Waals surface area contributed by atoms with Gasteiger partial charge in [0.25, 0.3) is 0 Å². The number of hydrogen-bond donors (Lipinski definition) is 1. The fraction of sp³-hybridized carbons (Fsp3) is 0.556. The van der Waals surface area contributed by atoms with Gasteiger partial charge in [0.1, 0.15) is 0 Å². The molecule has 82 valence electrons. The molecule has 0 unspecified atom stereocenters. The van der Waals surface area contributed by atoms with Gasteiger partial charge in [0.2, 0.25) is 15.0 Å². The molecule has 0 aromatic carbocycles. The van der Waals surface area contributed by atoms with Crippen molar-refractivity contribution in [3.63, 3.8) is 0 Å². The Balaban J connectivity index is 2.36. The third-order valence-corrected chi connectivity index (χ3v) is 4.47. The lowest BCUT2D eigenvalue weighted by Crippen LogP contribution is -2.25. The zero-order chi connectivity index (χ0) is 10.9. The Morgan fingerprint density at radius 1 is 1.53 bits per heavy atom. The smallest absolute Gasteiger partial charge is 0.247 e. The molecule has 1 aromatic heterocycles. The molecule has 1 atom stereocenters. The van der Waals surface area contributed by atoms with Crippen molar-refractivity contribution in [1.82, 2.24) is 15.3 Å². The Labute approximate surface area is 88.9 Å². The van der Waals surface area contributed by atoms with Gasteiger partial charge >= 0.3 is 0 Å². The number of aromatic nitrogens is 2. The first-order valence-electron chi connectivity index (χ1n) is 4.85. The molecule has 5 nitrogen and oxygen atoms in total. The number of hydrogen-bond acceptors (Lipinski definition) is 5. The summed E-state index contributed by atoms with van der Waals surface area (Å²) < 4.78 is 24.0.